The van der Waals surface area contributed by atoms with Crippen molar-refractivity contribution in [2.75, 3.05) is 57.4 Å². The van der Waals surface area contributed by atoms with E-state index in [1.54, 1.807) is 40.6 Å². The fourth-order valence-corrected chi connectivity index (χ4v) is 15.4. The van der Waals surface area contributed by atoms with Crippen LogP contribution >= 0.6 is 11.3 Å². The van der Waals surface area contributed by atoms with Gasteiger partial charge in [0, 0.05) is 87.9 Å². The number of β-amino-alcohol motifs (C(OH)–C–C–N with tert-alkyl or cyclic N) is 1. The average Bonchev–Trinajstić information content (AvgIpc) is 2.29. The number of phenolic OH excluding ortho intramolecular Hbond substituents is 1. The number of anilines is 1. The van der Waals surface area contributed by atoms with E-state index < -0.39 is 23.9 Å². The molecule has 6 fully saturated rings. The van der Waals surface area contributed by atoms with E-state index in [1.165, 1.54) is 4.90 Å². The lowest BCUT2D eigenvalue weighted by molar-refractivity contribution is -0.141. The zero-order valence-corrected chi connectivity index (χ0v) is 50.7. The van der Waals surface area contributed by atoms with E-state index >= 15 is 4.39 Å². The molecular formula is C65H76FN11O9S. The third-order valence-corrected chi connectivity index (χ3v) is 20.1. The monoisotopic (exact) mass is 1210 g/mol. The lowest BCUT2D eigenvalue weighted by atomic mass is 9.91. The molecule has 6 aliphatic rings. The summed E-state index contributed by atoms with van der Waals surface area (Å²) in [6, 6.07) is 18.2. The Morgan fingerprint density at radius 3 is 2.49 bits per heavy atom. The van der Waals surface area contributed by atoms with E-state index in [2.05, 4.69) is 37.5 Å². The van der Waals surface area contributed by atoms with Crippen LogP contribution in [0.3, 0.4) is 0 Å². The van der Waals surface area contributed by atoms with Crippen molar-refractivity contribution >= 4 is 56.7 Å². The largest absolute Gasteiger partial charge is 0.508 e. The van der Waals surface area contributed by atoms with Crippen molar-refractivity contribution in [3.05, 3.63) is 101 Å². The van der Waals surface area contributed by atoms with Crippen LogP contribution in [0.15, 0.2) is 76.9 Å². The highest BCUT2D eigenvalue weighted by molar-refractivity contribution is 7.13. The van der Waals surface area contributed by atoms with Crippen LogP contribution in [0.4, 0.5) is 15.0 Å². The Bertz CT molecular complexity index is 3700. The van der Waals surface area contributed by atoms with Crippen LogP contribution in [0.1, 0.15) is 120 Å². The number of benzene rings is 3. The first-order valence-electron chi connectivity index (χ1n) is 31.0. The van der Waals surface area contributed by atoms with Crippen molar-refractivity contribution < 1.29 is 47.7 Å². The number of carbonyl (C=O) groups excluding carboxylic acids is 3. The fourth-order valence-electron chi connectivity index (χ4n) is 14.6. The minimum absolute atomic E-state index is 0.0129. The number of fused-ring (bicyclic) bond motifs is 5. The predicted molar refractivity (Wildman–Crippen MR) is 326 cm³/mol. The number of rotatable bonds is 17. The number of halogens is 1. The van der Waals surface area contributed by atoms with Crippen LogP contribution < -0.4 is 25.0 Å². The smallest absolute Gasteiger partial charge is 0.409 e. The number of nitrogens with zero attached hydrogens (tertiary/aromatic N) is 9. The number of phenols is 1. The van der Waals surface area contributed by atoms with Crippen LogP contribution in [0.5, 0.6) is 17.6 Å². The molecule has 8 atom stereocenters. The lowest BCUT2D eigenvalue weighted by Crippen LogP contribution is -2.51. The fraction of sp³-hybridized carbons (Fsp3) is 0.508. The van der Waals surface area contributed by atoms with Gasteiger partial charge in [-0.1, -0.05) is 63.2 Å². The number of aromatic nitrogens is 5. The molecule has 0 spiro atoms. The number of hydrogen-bond acceptors (Lipinski definition) is 18. The number of amides is 3. The molecule has 22 heteroatoms. The van der Waals surface area contributed by atoms with Crippen molar-refractivity contribution in [3.63, 3.8) is 0 Å². The first-order chi connectivity index (χ1) is 42.1. The Labute approximate surface area is 508 Å². The summed E-state index contributed by atoms with van der Waals surface area (Å²) in [6.45, 7) is 13.3. The van der Waals surface area contributed by atoms with E-state index in [-0.39, 0.29) is 103 Å². The first-order valence-corrected chi connectivity index (χ1v) is 31.8. The standard InChI is InChI=1S/C65H76FN11O9S/c1-6-39-9-7-10-42-25-46(78)26-49(55(39)42)57-56(66)58-50(29-67-57)60(75-30-43-15-16-44(31-75)70-43)72-63(71-58)84-34-65-20-8-22-77(65)45(17-21-65)33-83-64(82)74-23-18-48(19-24-74)85-53-28-52(86-73-53)54(36(2)3)62(81)76-32-47(79)27-51(76)61(80)69-37(4)40-11-13-41(14-12-40)59-38(5)68-35-87-59/h7,9-14,25-26,28-29,35-37,43-45,47-48,51,54,70,78-79H,6,8,15-24,27,30-34H2,1-5H3,(H,69,80)/t37-,43?,44?,45-,47+,51-,54-,65+/m0/s1. The summed E-state index contributed by atoms with van der Waals surface area (Å²) in [4.78, 5) is 69.8. The summed E-state index contributed by atoms with van der Waals surface area (Å²) in [5.41, 5.74) is 6.15. The third kappa shape index (κ3) is 11.5. The number of likely N-dealkylation sites (tertiary alicyclic amines) is 2. The van der Waals surface area contributed by atoms with Crippen molar-refractivity contribution in [2.24, 2.45) is 5.92 Å². The van der Waals surface area contributed by atoms with Crippen LogP contribution in [0.2, 0.25) is 0 Å². The van der Waals surface area contributed by atoms with Crippen molar-refractivity contribution in [2.45, 2.75) is 153 Å². The van der Waals surface area contributed by atoms with E-state index in [0.717, 1.165) is 83.1 Å². The maximum absolute atomic E-state index is 17.4. The Morgan fingerprint density at radius 1 is 0.954 bits per heavy atom. The minimum Gasteiger partial charge on any atom is -0.508 e. The average molecular weight is 1210 g/mol. The van der Waals surface area contributed by atoms with Crippen LogP contribution in [0.25, 0.3) is 43.4 Å². The molecule has 458 valence electrons. The van der Waals surface area contributed by atoms with Gasteiger partial charge in [0.25, 0.3) is 5.88 Å². The van der Waals surface area contributed by atoms with E-state index in [1.807, 2.05) is 75.7 Å². The lowest BCUT2D eigenvalue weighted by Gasteiger charge is -2.35. The molecule has 6 aliphatic heterocycles. The number of aryl methyl sites for hydroxylation is 2. The molecule has 13 rings (SSSR count). The molecule has 3 amide bonds. The number of ether oxygens (including phenoxy) is 3. The molecule has 0 aliphatic carbocycles. The first kappa shape index (κ1) is 58.5. The van der Waals surface area contributed by atoms with Gasteiger partial charge in [0.05, 0.1) is 39.2 Å². The number of thiazole rings is 1. The van der Waals surface area contributed by atoms with Crippen LogP contribution in [-0.2, 0) is 20.7 Å². The number of aliphatic hydroxyl groups is 1. The Morgan fingerprint density at radius 2 is 1.75 bits per heavy atom. The molecule has 6 saturated heterocycles. The maximum atomic E-state index is 17.4. The Kier molecular flexibility index (Phi) is 16.3. The quantitative estimate of drug-likeness (QED) is 0.0665. The second kappa shape index (κ2) is 24.2. The second-order valence-corrected chi connectivity index (χ2v) is 26.0. The maximum Gasteiger partial charge on any atom is 0.409 e. The zero-order chi connectivity index (χ0) is 60.3. The normalized spacial score (nSPS) is 23.9. The summed E-state index contributed by atoms with van der Waals surface area (Å²) in [6.07, 6.45) is 7.61. The van der Waals surface area contributed by atoms with Gasteiger partial charge in [0.2, 0.25) is 11.8 Å². The number of aromatic hydroxyl groups is 1. The summed E-state index contributed by atoms with van der Waals surface area (Å²) in [5, 5.41) is 34.8. The molecular weight excluding hydrogens is 1130 g/mol. The molecule has 0 radical (unpaired) electrons. The summed E-state index contributed by atoms with van der Waals surface area (Å²) >= 11 is 1.58. The summed E-state index contributed by atoms with van der Waals surface area (Å²) in [7, 11) is 0. The number of piperazine rings is 1. The molecule has 10 heterocycles. The molecule has 0 saturated carbocycles. The number of nitrogens with one attached hydrogen (secondary N) is 2. The van der Waals surface area contributed by atoms with Crippen molar-refractivity contribution in [1.29, 1.82) is 0 Å². The van der Waals surface area contributed by atoms with E-state index in [9.17, 15) is 24.6 Å². The molecule has 4 N–H and O–H groups in total. The van der Waals surface area contributed by atoms with Gasteiger partial charge >= 0.3 is 12.1 Å². The molecule has 20 nitrogen and oxygen atoms in total. The minimum atomic E-state index is -0.875. The van der Waals surface area contributed by atoms with Crippen LogP contribution in [-0.4, -0.2) is 162 Å². The van der Waals surface area contributed by atoms with E-state index in [0.29, 0.717) is 80.1 Å². The topological polar surface area (TPSA) is 234 Å². The number of carbonyl (C=O) groups is 3. The van der Waals surface area contributed by atoms with Gasteiger partial charge in [-0.3, -0.25) is 19.5 Å². The third-order valence-electron chi connectivity index (χ3n) is 19.1. The van der Waals surface area contributed by atoms with Gasteiger partial charge < -0.3 is 54.3 Å². The van der Waals surface area contributed by atoms with Crippen LogP contribution in [0, 0.1) is 18.7 Å². The molecule has 7 aromatic rings. The highest BCUT2D eigenvalue weighted by Crippen LogP contribution is 2.44. The van der Waals surface area contributed by atoms with Gasteiger partial charge in [-0.15, -0.1) is 11.3 Å². The molecule has 87 heavy (non-hydrogen) atoms. The molecule has 4 aromatic heterocycles. The van der Waals surface area contributed by atoms with Gasteiger partial charge in [0.1, 0.15) is 54.1 Å². The number of hydrogen-bond donors (Lipinski definition) is 4. The van der Waals surface area contributed by atoms with Gasteiger partial charge in [-0.25, -0.2) is 14.2 Å². The number of aliphatic hydroxyl groups excluding tert-OH is 1. The SMILES string of the molecule is CCc1cccc2cc(O)cc(-c3ncc4c(N5CC6CCC(C5)N6)nc(OC[C@]56CCCN5[C@H](COC(=O)N5CCC(Oc7cc([C@@H](C(=O)N8C[C@H](O)C[C@H]8C(=O)N[C@@H](C)c8ccc(-c9scnc9C)cc8)C(C)C)on7)CC5)CC6)nc4c3F)c12. The van der Waals surface area contributed by atoms with Gasteiger partial charge in [-0.05, 0) is 116 Å². The highest BCUT2D eigenvalue weighted by Gasteiger charge is 2.51. The number of pyridine rings is 1. The summed E-state index contributed by atoms with van der Waals surface area (Å²) < 4.78 is 42.2. The molecule has 2 unspecified atom stereocenters. The predicted octanol–water partition coefficient (Wildman–Crippen LogP) is 9.25. The zero-order valence-electron chi connectivity index (χ0n) is 49.9. The second-order valence-electron chi connectivity index (χ2n) is 25.1. The molecule has 3 aromatic carbocycles. The van der Waals surface area contributed by atoms with E-state index in [4.69, 9.17) is 33.7 Å². The Balaban J connectivity index is 0.619. The van der Waals surface area contributed by atoms with Gasteiger partial charge in [0.15, 0.2) is 11.6 Å². The number of piperidine rings is 1. The van der Waals surface area contributed by atoms with Gasteiger partial charge in [-0.2, -0.15) is 9.97 Å². The van der Waals surface area contributed by atoms with Crippen molar-refractivity contribution in [1.82, 2.24) is 50.4 Å². The Hall–Kier alpha value is -7.53. The highest BCUT2D eigenvalue weighted by atomic mass is 32.1. The van der Waals surface area contributed by atoms with Crippen molar-refractivity contribution in [3.8, 4) is 39.3 Å². The molecule has 2 bridgehead atoms. The summed E-state index contributed by atoms with van der Waals surface area (Å²) in [5.74, 6) is -1.16.